The smallest absolute Gasteiger partial charge is 0.273 e. The Hall–Kier alpha value is -4.12. The second-order valence-electron chi connectivity index (χ2n) is 8.49. The van der Waals surface area contributed by atoms with Gasteiger partial charge < -0.3 is 14.1 Å². The summed E-state index contributed by atoms with van der Waals surface area (Å²) in [5.41, 5.74) is 3.58. The van der Waals surface area contributed by atoms with Gasteiger partial charge in [0.2, 0.25) is 0 Å². The maximum atomic E-state index is 14.4. The Kier molecular flexibility index (Phi) is 5.06. The van der Waals surface area contributed by atoms with Crippen molar-refractivity contribution in [2.24, 2.45) is 0 Å². The fourth-order valence-electron chi connectivity index (χ4n) is 4.12. The Morgan fingerprint density at radius 3 is 2.91 bits per heavy atom. The van der Waals surface area contributed by atoms with Gasteiger partial charge in [0.25, 0.3) is 5.91 Å². The number of carbonyl (C=O) groups is 2. The summed E-state index contributed by atoms with van der Waals surface area (Å²) in [6.45, 7) is 0.262. The van der Waals surface area contributed by atoms with E-state index in [-0.39, 0.29) is 29.3 Å². The molecule has 0 saturated heterocycles. The number of amides is 1. The molecule has 1 fully saturated rings. The summed E-state index contributed by atoms with van der Waals surface area (Å²) >= 11 is 5.86. The molecular formula is C23H18ClFN8O2. The van der Waals surface area contributed by atoms with Gasteiger partial charge in [-0.3, -0.25) is 9.59 Å². The van der Waals surface area contributed by atoms with Crippen LogP contribution in [0.4, 0.5) is 4.39 Å². The molecule has 0 aliphatic heterocycles. The molecule has 1 saturated carbocycles. The van der Waals surface area contributed by atoms with Crippen LogP contribution in [0, 0.1) is 5.82 Å². The summed E-state index contributed by atoms with van der Waals surface area (Å²) in [4.78, 5) is 32.8. The molecule has 0 atom stereocenters. The van der Waals surface area contributed by atoms with E-state index in [1.54, 1.807) is 6.20 Å². The summed E-state index contributed by atoms with van der Waals surface area (Å²) in [5, 5.41) is 10.6. The first-order chi connectivity index (χ1) is 17.0. The number of hydrogen-bond donors (Lipinski definition) is 1. The van der Waals surface area contributed by atoms with Crippen LogP contribution in [0.2, 0.25) is 5.02 Å². The van der Waals surface area contributed by atoms with Crippen molar-refractivity contribution in [2.75, 3.05) is 0 Å². The molecule has 1 amide bonds. The standard InChI is InChI=1S/C23H18ClFN8O2/c24-17-3-4-31-12-27-18(21(31)20(17)25)6-26-23(35)19-10-33(30-29-19)9-16-8-32-7-14(13-1-2-13)5-15(11-34)22(32)28-16/h3-5,7-8,10-13H,1-2,6,9H2,(H,26,35). The van der Waals surface area contributed by atoms with E-state index in [1.807, 2.05) is 22.9 Å². The van der Waals surface area contributed by atoms with Crippen molar-refractivity contribution in [3.8, 4) is 0 Å². The molecular weight excluding hydrogens is 475 g/mol. The van der Waals surface area contributed by atoms with Gasteiger partial charge >= 0.3 is 0 Å². The number of halogens is 2. The lowest BCUT2D eigenvalue weighted by atomic mass is 10.1. The molecule has 5 aromatic heterocycles. The summed E-state index contributed by atoms with van der Waals surface area (Å²) in [6, 6.07) is 3.33. The normalized spacial score (nSPS) is 13.5. The van der Waals surface area contributed by atoms with E-state index in [4.69, 9.17) is 11.6 Å². The monoisotopic (exact) mass is 492 g/mol. The van der Waals surface area contributed by atoms with Crippen LogP contribution in [-0.4, -0.2) is 46.0 Å². The minimum atomic E-state index is -0.601. The van der Waals surface area contributed by atoms with E-state index < -0.39 is 11.7 Å². The number of imidazole rings is 2. The second-order valence-corrected chi connectivity index (χ2v) is 8.90. The number of carbonyl (C=O) groups excluding carboxylic acids is 2. The lowest BCUT2D eigenvalue weighted by Crippen LogP contribution is -2.23. The molecule has 1 aliphatic rings. The molecule has 0 unspecified atom stereocenters. The number of rotatable bonds is 7. The van der Waals surface area contributed by atoms with Crippen LogP contribution < -0.4 is 5.32 Å². The number of nitrogens with zero attached hydrogens (tertiary/aromatic N) is 7. The van der Waals surface area contributed by atoms with Gasteiger partial charge in [0, 0.05) is 18.6 Å². The highest BCUT2D eigenvalue weighted by Gasteiger charge is 2.25. The van der Waals surface area contributed by atoms with Crippen LogP contribution >= 0.6 is 11.6 Å². The van der Waals surface area contributed by atoms with E-state index in [0.29, 0.717) is 28.5 Å². The van der Waals surface area contributed by atoms with Crippen molar-refractivity contribution >= 4 is 35.0 Å². The van der Waals surface area contributed by atoms with Crippen LogP contribution in [0.15, 0.2) is 43.2 Å². The van der Waals surface area contributed by atoms with Crippen LogP contribution in [0.5, 0.6) is 0 Å². The minimum absolute atomic E-state index is 0.0102. The first-order valence-electron chi connectivity index (χ1n) is 10.9. The third-order valence-electron chi connectivity index (χ3n) is 6.01. The number of pyridine rings is 2. The van der Waals surface area contributed by atoms with E-state index in [9.17, 15) is 14.0 Å². The Morgan fingerprint density at radius 2 is 2.11 bits per heavy atom. The van der Waals surface area contributed by atoms with Gasteiger partial charge in [-0.15, -0.1) is 5.10 Å². The van der Waals surface area contributed by atoms with Crippen LogP contribution in [-0.2, 0) is 13.1 Å². The summed E-state index contributed by atoms with van der Waals surface area (Å²) in [5.74, 6) is -0.572. The highest BCUT2D eigenvalue weighted by atomic mass is 35.5. The molecule has 6 rings (SSSR count). The van der Waals surface area contributed by atoms with Crippen molar-refractivity contribution < 1.29 is 14.0 Å². The van der Waals surface area contributed by atoms with Gasteiger partial charge in [-0.2, -0.15) is 0 Å². The number of nitrogens with one attached hydrogen (secondary N) is 1. The molecule has 5 aromatic rings. The average Bonchev–Trinajstić information content (AvgIpc) is 3.26. The van der Waals surface area contributed by atoms with Crippen molar-refractivity contribution in [3.05, 3.63) is 82.3 Å². The Bertz CT molecular complexity index is 1620. The number of hydrogen-bond acceptors (Lipinski definition) is 6. The molecule has 0 aromatic carbocycles. The van der Waals surface area contributed by atoms with Crippen molar-refractivity contribution in [3.63, 3.8) is 0 Å². The van der Waals surface area contributed by atoms with Gasteiger partial charge in [-0.1, -0.05) is 16.8 Å². The lowest BCUT2D eigenvalue weighted by molar-refractivity contribution is 0.0945. The second kappa shape index (κ2) is 8.27. The van der Waals surface area contributed by atoms with Gasteiger partial charge in [0.1, 0.15) is 11.2 Å². The molecule has 10 nitrogen and oxygen atoms in total. The fourth-order valence-corrected chi connectivity index (χ4v) is 4.26. The van der Waals surface area contributed by atoms with Crippen LogP contribution in [0.1, 0.15) is 56.6 Å². The van der Waals surface area contributed by atoms with Crippen molar-refractivity contribution in [1.82, 2.24) is 39.1 Å². The summed E-state index contributed by atoms with van der Waals surface area (Å²) in [7, 11) is 0. The molecule has 1 aliphatic carbocycles. The molecule has 5 heterocycles. The topological polar surface area (TPSA) is 111 Å². The van der Waals surface area contributed by atoms with E-state index in [1.165, 1.54) is 27.7 Å². The van der Waals surface area contributed by atoms with Crippen LogP contribution in [0.3, 0.4) is 0 Å². The number of aromatic nitrogens is 7. The van der Waals surface area contributed by atoms with Crippen LogP contribution in [0.25, 0.3) is 11.2 Å². The molecule has 0 bridgehead atoms. The zero-order chi connectivity index (χ0) is 24.1. The maximum Gasteiger partial charge on any atom is 0.273 e. The molecule has 1 N–H and O–H groups in total. The highest BCUT2D eigenvalue weighted by molar-refractivity contribution is 6.31. The SMILES string of the molecule is O=Cc1cc(C2CC2)cn2cc(Cn3cc(C(=O)NCc4ncn5ccc(Cl)c(F)c45)nn3)nc12. The first kappa shape index (κ1) is 21.4. The average molecular weight is 493 g/mol. The lowest BCUT2D eigenvalue weighted by Gasteiger charge is -2.03. The zero-order valence-corrected chi connectivity index (χ0v) is 19.0. The molecule has 35 heavy (non-hydrogen) atoms. The maximum absolute atomic E-state index is 14.4. The molecule has 0 radical (unpaired) electrons. The van der Waals surface area contributed by atoms with E-state index in [0.717, 1.165) is 24.7 Å². The summed E-state index contributed by atoms with van der Waals surface area (Å²) in [6.07, 6.45) is 11.5. The van der Waals surface area contributed by atoms with Gasteiger partial charge in [-0.05, 0) is 36.5 Å². The van der Waals surface area contributed by atoms with Gasteiger partial charge in [0.15, 0.2) is 17.8 Å². The number of fused-ring (bicyclic) bond motifs is 2. The predicted molar refractivity (Wildman–Crippen MR) is 123 cm³/mol. The van der Waals surface area contributed by atoms with Crippen molar-refractivity contribution in [2.45, 2.75) is 31.8 Å². The Labute approximate surface area is 202 Å². The van der Waals surface area contributed by atoms with E-state index >= 15 is 0 Å². The predicted octanol–water partition coefficient (Wildman–Crippen LogP) is 3.03. The third-order valence-corrected chi connectivity index (χ3v) is 6.30. The van der Waals surface area contributed by atoms with Gasteiger partial charge in [0.05, 0.1) is 47.6 Å². The molecule has 12 heteroatoms. The molecule has 176 valence electrons. The largest absolute Gasteiger partial charge is 0.345 e. The summed E-state index contributed by atoms with van der Waals surface area (Å²) < 4.78 is 19.2. The fraction of sp³-hybridized carbons (Fsp3) is 0.217. The Balaban J connectivity index is 1.17. The number of aldehydes is 1. The van der Waals surface area contributed by atoms with Gasteiger partial charge in [-0.25, -0.2) is 19.0 Å². The van der Waals surface area contributed by atoms with E-state index in [2.05, 4.69) is 25.6 Å². The van der Waals surface area contributed by atoms with Crippen molar-refractivity contribution in [1.29, 1.82) is 0 Å². The quantitative estimate of drug-likeness (QED) is 0.349. The highest BCUT2D eigenvalue weighted by Crippen LogP contribution is 2.40. The zero-order valence-electron chi connectivity index (χ0n) is 18.2. The first-order valence-corrected chi connectivity index (χ1v) is 11.3. The molecule has 0 spiro atoms. The third kappa shape index (κ3) is 3.93. The minimum Gasteiger partial charge on any atom is -0.345 e. The Morgan fingerprint density at radius 1 is 1.26 bits per heavy atom.